The number of hydrogen-bond acceptors (Lipinski definition) is 3. The largest absolute Gasteiger partial charge is 0.480 e. The lowest BCUT2D eigenvalue weighted by Gasteiger charge is -2.00. The van der Waals surface area contributed by atoms with Gasteiger partial charge in [-0.05, 0) is 0 Å². The third kappa shape index (κ3) is 4.46. The van der Waals surface area contributed by atoms with E-state index in [1.807, 2.05) is 0 Å². The van der Waals surface area contributed by atoms with E-state index < -0.39 is 11.3 Å². The monoisotopic (exact) mass is 182 g/mol. The Kier molecular flexibility index (Phi) is 4.22. The van der Waals surface area contributed by atoms with E-state index in [4.69, 9.17) is 27.9 Å². The van der Waals surface area contributed by atoms with Crippen LogP contribution in [0.1, 0.15) is 0 Å². The number of carboxylic acids is 1. The molecule has 0 rings (SSSR count). The fourth-order valence-electron chi connectivity index (χ4n) is 0.234. The van der Waals surface area contributed by atoms with Crippen LogP contribution in [0.25, 0.3) is 0 Å². The number of amidine groups is 1. The summed E-state index contributed by atoms with van der Waals surface area (Å²) in [5, 5.41) is 13.9. The van der Waals surface area contributed by atoms with E-state index >= 15 is 0 Å². The molecule has 1 atom stereocenters. The zero-order chi connectivity index (χ0) is 8.15. The molecule has 0 amide bonds. The van der Waals surface area contributed by atoms with Gasteiger partial charge in [-0.15, -0.1) is 11.6 Å². The van der Waals surface area contributed by atoms with Crippen LogP contribution in [-0.4, -0.2) is 27.4 Å². The van der Waals surface area contributed by atoms with Crippen molar-refractivity contribution in [1.29, 1.82) is 5.41 Å². The van der Waals surface area contributed by atoms with Gasteiger partial charge in [-0.3, -0.25) is 10.2 Å². The summed E-state index contributed by atoms with van der Waals surface area (Å²) in [5.41, 5.74) is 4.94. The van der Waals surface area contributed by atoms with Crippen molar-refractivity contribution in [3.05, 3.63) is 0 Å². The molecule has 0 heterocycles. The molecular weight excluding hydrogens is 176 g/mol. The van der Waals surface area contributed by atoms with Crippen LogP contribution in [0.5, 0.6) is 0 Å². The number of rotatable bonds is 3. The molecule has 6 heteroatoms. The van der Waals surface area contributed by atoms with E-state index in [0.29, 0.717) is 0 Å². The lowest BCUT2D eigenvalue weighted by atomic mass is 10.5. The molecule has 0 aliphatic carbocycles. The molecule has 0 fully saturated rings. The number of nitrogens with two attached hydrogens (primary N) is 1. The summed E-state index contributed by atoms with van der Waals surface area (Å²) in [4.78, 5) is 10.1. The maximum absolute atomic E-state index is 10.1. The Hall–Kier alpha value is -0.420. The van der Waals surface area contributed by atoms with Crippen LogP contribution < -0.4 is 5.73 Å². The standard InChI is InChI=1S/C4H7ClN2O2S/c5-2(3(8)9)1-10-4(6)7/h2H,1H2,(H3,6,7)(H,8,9)/t2-/m0/s1. The van der Waals surface area contributed by atoms with E-state index in [1.165, 1.54) is 0 Å². The zero-order valence-corrected chi connectivity index (χ0v) is 6.58. The van der Waals surface area contributed by atoms with Crippen LogP contribution in [0.4, 0.5) is 0 Å². The molecule has 0 aliphatic rings. The molecule has 10 heavy (non-hydrogen) atoms. The number of hydrogen-bond donors (Lipinski definition) is 3. The zero-order valence-electron chi connectivity index (χ0n) is 5.00. The van der Waals surface area contributed by atoms with E-state index in [-0.39, 0.29) is 10.9 Å². The third-order valence-electron chi connectivity index (χ3n) is 0.653. The van der Waals surface area contributed by atoms with Crippen LogP contribution in [0.3, 0.4) is 0 Å². The van der Waals surface area contributed by atoms with Gasteiger partial charge < -0.3 is 10.8 Å². The van der Waals surface area contributed by atoms with Gasteiger partial charge in [0.25, 0.3) is 0 Å². The molecule has 0 saturated carbocycles. The first-order valence-electron chi connectivity index (χ1n) is 2.37. The van der Waals surface area contributed by atoms with Gasteiger partial charge in [0.1, 0.15) is 5.38 Å². The first-order valence-corrected chi connectivity index (χ1v) is 3.80. The lowest BCUT2D eigenvalue weighted by Crippen LogP contribution is -2.18. The third-order valence-corrected chi connectivity index (χ3v) is 1.99. The molecule has 0 aromatic rings. The summed E-state index contributed by atoms with van der Waals surface area (Å²) in [6, 6.07) is 0. The van der Waals surface area contributed by atoms with Gasteiger partial charge in [0.15, 0.2) is 5.17 Å². The van der Waals surface area contributed by atoms with Gasteiger partial charge in [-0.1, -0.05) is 11.8 Å². The minimum absolute atomic E-state index is 0.119. The number of aliphatic carboxylic acids is 1. The minimum atomic E-state index is -1.09. The highest BCUT2D eigenvalue weighted by atomic mass is 35.5. The molecule has 0 unspecified atom stereocenters. The van der Waals surface area contributed by atoms with Crippen molar-refractivity contribution in [2.24, 2.45) is 5.73 Å². The van der Waals surface area contributed by atoms with Crippen LogP contribution in [0, 0.1) is 5.41 Å². The molecule has 0 saturated heterocycles. The van der Waals surface area contributed by atoms with Crippen molar-refractivity contribution in [3.63, 3.8) is 0 Å². The Labute approximate surface area is 67.2 Å². The quantitative estimate of drug-likeness (QED) is 0.333. The van der Waals surface area contributed by atoms with Gasteiger partial charge in [-0.25, -0.2) is 0 Å². The van der Waals surface area contributed by atoms with Crippen molar-refractivity contribution < 1.29 is 9.90 Å². The van der Waals surface area contributed by atoms with Gasteiger partial charge in [0.2, 0.25) is 0 Å². The highest BCUT2D eigenvalue weighted by molar-refractivity contribution is 8.13. The van der Waals surface area contributed by atoms with Crippen LogP contribution >= 0.6 is 23.4 Å². The summed E-state index contributed by atoms with van der Waals surface area (Å²) in [7, 11) is 0. The van der Waals surface area contributed by atoms with Gasteiger partial charge in [-0.2, -0.15) is 0 Å². The average Bonchev–Trinajstić information content (AvgIpc) is 1.82. The summed E-state index contributed by atoms with van der Waals surface area (Å²) in [5.74, 6) is -0.956. The van der Waals surface area contributed by atoms with E-state index in [9.17, 15) is 4.79 Å². The molecule has 4 nitrogen and oxygen atoms in total. The maximum Gasteiger partial charge on any atom is 0.322 e. The Morgan fingerprint density at radius 2 is 2.40 bits per heavy atom. The topological polar surface area (TPSA) is 87.2 Å². The molecule has 0 aromatic carbocycles. The Bertz CT molecular complexity index is 152. The Balaban J connectivity index is 3.49. The lowest BCUT2D eigenvalue weighted by molar-refractivity contribution is -0.136. The second-order valence-corrected chi connectivity index (χ2v) is 3.07. The highest BCUT2D eigenvalue weighted by Gasteiger charge is 2.13. The first kappa shape index (κ1) is 9.58. The number of nitrogens with one attached hydrogen (secondary N) is 1. The van der Waals surface area contributed by atoms with E-state index in [1.54, 1.807) is 0 Å². The van der Waals surface area contributed by atoms with E-state index in [2.05, 4.69) is 0 Å². The van der Waals surface area contributed by atoms with Gasteiger partial charge in [0, 0.05) is 5.75 Å². The summed E-state index contributed by atoms with van der Waals surface area (Å²) in [6.45, 7) is 0. The average molecular weight is 183 g/mol. The number of carbonyl (C=O) groups is 1. The molecule has 0 bridgehead atoms. The second-order valence-electron chi connectivity index (χ2n) is 1.48. The Morgan fingerprint density at radius 1 is 1.90 bits per heavy atom. The maximum atomic E-state index is 10.1. The fourth-order valence-corrected chi connectivity index (χ4v) is 0.892. The van der Waals surface area contributed by atoms with Crippen LogP contribution in [0.15, 0.2) is 0 Å². The molecule has 0 aromatic heterocycles. The fraction of sp³-hybridized carbons (Fsp3) is 0.500. The van der Waals surface area contributed by atoms with Crippen LogP contribution in [-0.2, 0) is 4.79 Å². The highest BCUT2D eigenvalue weighted by Crippen LogP contribution is 2.06. The molecule has 58 valence electrons. The van der Waals surface area contributed by atoms with Crippen molar-refractivity contribution in [1.82, 2.24) is 0 Å². The van der Waals surface area contributed by atoms with Crippen molar-refractivity contribution in [3.8, 4) is 0 Å². The summed E-state index contributed by atoms with van der Waals surface area (Å²) >= 11 is 6.20. The molecule has 0 spiro atoms. The number of thioether (sulfide) groups is 1. The molecule has 0 aliphatic heterocycles. The van der Waals surface area contributed by atoms with Crippen molar-refractivity contribution >= 4 is 34.5 Å². The Morgan fingerprint density at radius 3 is 2.70 bits per heavy atom. The van der Waals surface area contributed by atoms with E-state index in [0.717, 1.165) is 11.8 Å². The number of alkyl halides is 1. The molecule has 0 radical (unpaired) electrons. The van der Waals surface area contributed by atoms with Crippen molar-refractivity contribution in [2.75, 3.05) is 5.75 Å². The van der Waals surface area contributed by atoms with Gasteiger partial charge >= 0.3 is 5.97 Å². The normalized spacial score (nSPS) is 12.5. The van der Waals surface area contributed by atoms with Crippen molar-refractivity contribution in [2.45, 2.75) is 5.38 Å². The smallest absolute Gasteiger partial charge is 0.322 e. The van der Waals surface area contributed by atoms with Gasteiger partial charge in [0.05, 0.1) is 0 Å². The molecular formula is C4H7ClN2O2S. The second kappa shape index (κ2) is 4.40. The van der Waals surface area contributed by atoms with Crippen LogP contribution in [0.2, 0.25) is 0 Å². The first-order chi connectivity index (χ1) is 4.54. The SMILES string of the molecule is N=C(N)SC[C@H](Cl)C(=O)O. The summed E-state index contributed by atoms with van der Waals surface area (Å²) in [6.07, 6.45) is 0. The molecule has 4 N–H and O–H groups in total. The number of carboxylic acid groups (broad SMARTS) is 1. The summed E-state index contributed by atoms with van der Waals surface area (Å²) < 4.78 is 0. The predicted octanol–water partition coefficient (Wildman–Crippen LogP) is 0.305. The minimum Gasteiger partial charge on any atom is -0.480 e. The number of halogens is 1. The predicted molar refractivity (Wildman–Crippen MR) is 41.6 cm³/mol.